The first kappa shape index (κ1) is 17.3. The second-order valence-corrected chi connectivity index (χ2v) is 5.50. The summed E-state index contributed by atoms with van der Waals surface area (Å²) in [5.41, 5.74) is 1.64. The normalized spacial score (nSPS) is 10.2. The van der Waals surface area contributed by atoms with Gasteiger partial charge in [-0.3, -0.25) is 9.59 Å². The maximum absolute atomic E-state index is 12.9. The van der Waals surface area contributed by atoms with Gasteiger partial charge in [0.2, 0.25) is 0 Å². The highest BCUT2D eigenvalue weighted by Crippen LogP contribution is 2.13. The van der Waals surface area contributed by atoms with Crippen LogP contribution in [0.15, 0.2) is 72.8 Å². The second-order valence-electron chi connectivity index (χ2n) is 5.50. The van der Waals surface area contributed by atoms with Gasteiger partial charge < -0.3 is 10.6 Å². The van der Waals surface area contributed by atoms with Crippen LogP contribution >= 0.6 is 0 Å². The number of carbonyl (C=O) groups is 2. The Morgan fingerprint density at radius 2 is 0.846 bits per heavy atom. The summed E-state index contributed by atoms with van der Waals surface area (Å²) in [6, 6.07) is 16.9. The van der Waals surface area contributed by atoms with E-state index in [0.29, 0.717) is 22.5 Å². The molecule has 0 heterocycles. The van der Waals surface area contributed by atoms with Crippen molar-refractivity contribution in [3.05, 3.63) is 95.6 Å². The van der Waals surface area contributed by atoms with E-state index in [-0.39, 0.29) is 23.4 Å². The summed E-state index contributed by atoms with van der Waals surface area (Å²) in [7, 11) is 0. The zero-order valence-corrected chi connectivity index (χ0v) is 13.5. The summed E-state index contributed by atoms with van der Waals surface area (Å²) in [6.07, 6.45) is 0. The number of amides is 2. The van der Waals surface area contributed by atoms with Gasteiger partial charge in [-0.25, -0.2) is 8.78 Å². The van der Waals surface area contributed by atoms with Crippen LogP contribution in [0.1, 0.15) is 20.7 Å². The second kappa shape index (κ2) is 7.57. The lowest BCUT2D eigenvalue weighted by molar-refractivity contribution is 0.101. The molecule has 2 amide bonds. The van der Waals surface area contributed by atoms with Crippen molar-refractivity contribution in [3.63, 3.8) is 0 Å². The lowest BCUT2D eigenvalue weighted by Gasteiger charge is -2.07. The first-order chi connectivity index (χ1) is 12.5. The third-order valence-electron chi connectivity index (χ3n) is 3.61. The van der Waals surface area contributed by atoms with Gasteiger partial charge in [-0.15, -0.1) is 0 Å². The average Bonchev–Trinajstić information content (AvgIpc) is 2.65. The Morgan fingerprint density at radius 1 is 0.538 bits per heavy atom. The van der Waals surface area contributed by atoms with Crippen molar-refractivity contribution in [1.29, 1.82) is 0 Å². The number of nitrogens with one attached hydrogen (secondary N) is 2. The van der Waals surface area contributed by atoms with Crippen molar-refractivity contribution in [2.45, 2.75) is 0 Å². The van der Waals surface area contributed by atoms with Crippen molar-refractivity contribution in [3.8, 4) is 0 Å². The number of carbonyl (C=O) groups excluding carboxylic acids is 2. The molecule has 0 aromatic heterocycles. The summed E-state index contributed by atoms with van der Waals surface area (Å²) in [5, 5.41) is 5.28. The van der Waals surface area contributed by atoms with Crippen LogP contribution in [0.4, 0.5) is 20.2 Å². The van der Waals surface area contributed by atoms with E-state index in [0.717, 1.165) is 0 Å². The maximum Gasteiger partial charge on any atom is 0.255 e. The molecule has 0 bridgehead atoms. The molecule has 0 saturated heterocycles. The highest BCUT2D eigenvalue weighted by atomic mass is 19.1. The van der Waals surface area contributed by atoms with Gasteiger partial charge >= 0.3 is 0 Å². The Kier molecular flexibility index (Phi) is 5.03. The van der Waals surface area contributed by atoms with E-state index in [1.54, 1.807) is 0 Å². The minimum Gasteiger partial charge on any atom is -0.322 e. The smallest absolute Gasteiger partial charge is 0.255 e. The van der Waals surface area contributed by atoms with Gasteiger partial charge in [-0.2, -0.15) is 0 Å². The van der Waals surface area contributed by atoms with Gasteiger partial charge in [0.05, 0.1) is 0 Å². The third-order valence-corrected chi connectivity index (χ3v) is 3.61. The Labute approximate surface area is 148 Å². The Balaban J connectivity index is 1.65. The molecule has 3 aromatic rings. The molecule has 0 radical (unpaired) electrons. The summed E-state index contributed by atoms with van der Waals surface area (Å²) in [6.45, 7) is 0. The zero-order valence-electron chi connectivity index (χ0n) is 13.5. The fourth-order valence-electron chi connectivity index (χ4n) is 2.25. The van der Waals surface area contributed by atoms with E-state index in [1.807, 2.05) is 0 Å². The number of halogens is 2. The number of rotatable bonds is 4. The molecule has 0 aliphatic heterocycles. The monoisotopic (exact) mass is 352 g/mol. The van der Waals surface area contributed by atoms with E-state index in [4.69, 9.17) is 0 Å². The molecule has 130 valence electrons. The molecule has 2 N–H and O–H groups in total. The zero-order chi connectivity index (χ0) is 18.5. The molecule has 0 aliphatic rings. The first-order valence-corrected chi connectivity index (χ1v) is 7.75. The third kappa shape index (κ3) is 4.30. The van der Waals surface area contributed by atoms with Gasteiger partial charge in [0.15, 0.2) is 0 Å². The van der Waals surface area contributed by atoms with Crippen LogP contribution in [0.3, 0.4) is 0 Å². The van der Waals surface area contributed by atoms with E-state index < -0.39 is 0 Å². The molecule has 4 nitrogen and oxygen atoms in total. The number of benzene rings is 3. The van der Waals surface area contributed by atoms with Crippen molar-refractivity contribution in [2.75, 3.05) is 10.6 Å². The lowest BCUT2D eigenvalue weighted by Crippen LogP contribution is -2.14. The average molecular weight is 352 g/mol. The number of anilines is 2. The summed E-state index contributed by atoms with van der Waals surface area (Å²) >= 11 is 0. The number of hydrogen-bond acceptors (Lipinski definition) is 2. The molecular formula is C20H14F2N2O2. The summed E-state index contributed by atoms with van der Waals surface area (Å²) in [5.74, 6) is -1.52. The molecule has 0 fully saturated rings. The topological polar surface area (TPSA) is 58.2 Å². The lowest BCUT2D eigenvalue weighted by atomic mass is 10.1. The van der Waals surface area contributed by atoms with Crippen LogP contribution in [0.5, 0.6) is 0 Å². The van der Waals surface area contributed by atoms with Crippen molar-refractivity contribution in [2.24, 2.45) is 0 Å². The van der Waals surface area contributed by atoms with Crippen LogP contribution in [0.25, 0.3) is 0 Å². The SMILES string of the molecule is O=C(Nc1ccc(F)cc1)c1ccc(C(=O)Nc2ccc(F)cc2)cc1. The van der Waals surface area contributed by atoms with Crippen LogP contribution in [-0.4, -0.2) is 11.8 Å². The standard InChI is InChI=1S/C20H14F2N2O2/c21-15-5-9-17(10-6-15)23-19(25)13-1-2-14(4-3-13)20(26)24-18-11-7-16(22)8-12-18/h1-12H,(H,23,25)(H,24,26). The summed E-state index contributed by atoms with van der Waals surface area (Å²) < 4.78 is 25.7. The van der Waals surface area contributed by atoms with Crippen LogP contribution < -0.4 is 10.6 Å². The van der Waals surface area contributed by atoms with E-state index in [1.165, 1.54) is 72.8 Å². The Morgan fingerprint density at radius 3 is 1.15 bits per heavy atom. The Bertz CT molecular complexity index is 843. The molecule has 3 rings (SSSR count). The van der Waals surface area contributed by atoms with E-state index >= 15 is 0 Å². The largest absolute Gasteiger partial charge is 0.322 e. The van der Waals surface area contributed by atoms with E-state index in [2.05, 4.69) is 10.6 Å². The fourth-order valence-corrected chi connectivity index (χ4v) is 2.25. The Hall–Kier alpha value is -3.54. The van der Waals surface area contributed by atoms with E-state index in [9.17, 15) is 18.4 Å². The molecule has 0 unspecified atom stereocenters. The van der Waals surface area contributed by atoms with Crippen LogP contribution in [0.2, 0.25) is 0 Å². The predicted molar refractivity (Wildman–Crippen MR) is 95.1 cm³/mol. The fraction of sp³-hybridized carbons (Fsp3) is 0. The molecule has 6 heteroatoms. The molecule has 26 heavy (non-hydrogen) atoms. The van der Waals surface area contributed by atoms with Gasteiger partial charge in [-0.1, -0.05) is 0 Å². The van der Waals surface area contributed by atoms with Crippen LogP contribution in [-0.2, 0) is 0 Å². The van der Waals surface area contributed by atoms with Crippen molar-refractivity contribution < 1.29 is 18.4 Å². The van der Waals surface area contributed by atoms with Gasteiger partial charge in [-0.05, 0) is 72.8 Å². The highest BCUT2D eigenvalue weighted by Gasteiger charge is 2.10. The van der Waals surface area contributed by atoms with Gasteiger partial charge in [0.1, 0.15) is 11.6 Å². The molecule has 0 spiro atoms. The summed E-state index contributed by atoms with van der Waals surface area (Å²) in [4.78, 5) is 24.3. The maximum atomic E-state index is 12.9. The minimum absolute atomic E-state index is 0.354. The quantitative estimate of drug-likeness (QED) is 0.728. The molecular weight excluding hydrogens is 338 g/mol. The number of hydrogen-bond donors (Lipinski definition) is 2. The minimum atomic E-state index is -0.389. The van der Waals surface area contributed by atoms with Crippen molar-refractivity contribution >= 4 is 23.2 Å². The molecule has 0 saturated carbocycles. The van der Waals surface area contributed by atoms with Gasteiger partial charge in [0, 0.05) is 22.5 Å². The molecule has 0 aliphatic carbocycles. The van der Waals surface area contributed by atoms with Gasteiger partial charge in [0.25, 0.3) is 11.8 Å². The molecule has 3 aromatic carbocycles. The highest BCUT2D eigenvalue weighted by molar-refractivity contribution is 6.07. The van der Waals surface area contributed by atoms with Crippen molar-refractivity contribution in [1.82, 2.24) is 0 Å². The molecule has 0 atom stereocenters. The van der Waals surface area contributed by atoms with Crippen LogP contribution in [0, 0.1) is 11.6 Å². The first-order valence-electron chi connectivity index (χ1n) is 7.75. The predicted octanol–water partition coefficient (Wildman–Crippen LogP) is 4.47.